The van der Waals surface area contributed by atoms with Crippen molar-refractivity contribution in [1.82, 2.24) is 9.55 Å². The molecule has 4 rings (SSSR count). The topological polar surface area (TPSA) is 84.3 Å². The summed E-state index contributed by atoms with van der Waals surface area (Å²) in [5.74, 6) is 0.899. The Balaban J connectivity index is 1.72. The van der Waals surface area contributed by atoms with Crippen LogP contribution < -0.4 is 5.73 Å². The lowest BCUT2D eigenvalue weighted by atomic mass is 9.73. The first-order chi connectivity index (χ1) is 14.5. The van der Waals surface area contributed by atoms with Crippen molar-refractivity contribution in [2.24, 2.45) is 5.73 Å². The Kier molecular flexibility index (Phi) is 5.86. The molecule has 0 saturated heterocycles. The van der Waals surface area contributed by atoms with Crippen molar-refractivity contribution in [2.45, 2.75) is 50.0 Å². The first-order valence-electron chi connectivity index (χ1n) is 10.5. The smallest absolute Gasteiger partial charge is 0.137 e. The summed E-state index contributed by atoms with van der Waals surface area (Å²) in [5.41, 5.74) is 10.5. The fraction of sp³-hybridized carbons (Fsp3) is 0.320. The molecular formula is C25H29N3O2. The number of aliphatic hydroxyl groups excluding tert-OH is 2. The second-order valence-electron chi connectivity index (χ2n) is 8.18. The summed E-state index contributed by atoms with van der Waals surface area (Å²) >= 11 is 0. The second-order valence-corrected chi connectivity index (χ2v) is 8.18. The van der Waals surface area contributed by atoms with Crippen LogP contribution in [0.25, 0.3) is 11.1 Å². The molecule has 5 nitrogen and oxygen atoms in total. The summed E-state index contributed by atoms with van der Waals surface area (Å²) in [6, 6.07) is 16.3. The van der Waals surface area contributed by atoms with Crippen LogP contribution in [0.5, 0.6) is 0 Å². The highest BCUT2D eigenvalue weighted by molar-refractivity contribution is 5.69. The monoisotopic (exact) mass is 403 g/mol. The van der Waals surface area contributed by atoms with Crippen LogP contribution in [-0.4, -0.2) is 25.8 Å². The first-order valence-corrected chi connectivity index (χ1v) is 10.5. The van der Waals surface area contributed by atoms with Gasteiger partial charge in [-0.15, -0.1) is 6.58 Å². The summed E-state index contributed by atoms with van der Waals surface area (Å²) in [4.78, 5) is 4.23. The molecule has 156 valence electrons. The maximum absolute atomic E-state index is 11.2. The fourth-order valence-electron chi connectivity index (χ4n) is 4.39. The molecule has 3 aromatic rings. The Morgan fingerprint density at radius 3 is 2.53 bits per heavy atom. The van der Waals surface area contributed by atoms with Crippen LogP contribution in [0.1, 0.15) is 60.9 Å². The van der Waals surface area contributed by atoms with Gasteiger partial charge < -0.3 is 20.5 Å². The molecule has 0 aliphatic heterocycles. The van der Waals surface area contributed by atoms with E-state index in [-0.39, 0.29) is 6.04 Å². The Morgan fingerprint density at radius 1 is 1.17 bits per heavy atom. The van der Waals surface area contributed by atoms with E-state index in [0.717, 1.165) is 18.4 Å². The molecule has 1 aliphatic carbocycles. The predicted octanol–water partition coefficient (Wildman–Crippen LogP) is 4.27. The number of hydrogen-bond acceptors (Lipinski definition) is 4. The minimum Gasteiger partial charge on any atom is -0.386 e. The molecule has 0 spiro atoms. The van der Waals surface area contributed by atoms with Crippen LogP contribution in [0.4, 0.5) is 0 Å². The molecule has 4 N–H and O–H groups in total. The van der Waals surface area contributed by atoms with E-state index in [1.54, 1.807) is 30.0 Å². The average molecular weight is 404 g/mol. The minimum atomic E-state index is -0.813. The maximum Gasteiger partial charge on any atom is 0.137 e. The number of imidazole rings is 1. The molecule has 0 radical (unpaired) electrons. The highest BCUT2D eigenvalue weighted by atomic mass is 16.3. The van der Waals surface area contributed by atoms with E-state index in [9.17, 15) is 10.2 Å². The van der Waals surface area contributed by atoms with Crippen molar-refractivity contribution >= 4 is 0 Å². The van der Waals surface area contributed by atoms with E-state index < -0.39 is 18.2 Å². The summed E-state index contributed by atoms with van der Waals surface area (Å²) in [5, 5.41) is 21.3. The molecular weight excluding hydrogens is 374 g/mol. The lowest BCUT2D eigenvalue weighted by Gasteiger charge is -2.35. The number of aromatic nitrogens is 2. The highest BCUT2D eigenvalue weighted by Gasteiger charge is 2.31. The van der Waals surface area contributed by atoms with Gasteiger partial charge in [0.05, 0.1) is 6.04 Å². The number of hydrogen-bond donors (Lipinski definition) is 3. The number of nitrogens with zero attached hydrogens (tertiary/aromatic N) is 2. The molecule has 30 heavy (non-hydrogen) atoms. The molecule has 2 unspecified atom stereocenters. The summed E-state index contributed by atoms with van der Waals surface area (Å²) < 4.78 is 1.78. The molecule has 0 bridgehead atoms. The second kappa shape index (κ2) is 8.56. The Labute approximate surface area is 177 Å². The van der Waals surface area contributed by atoms with Crippen LogP contribution in [-0.2, 0) is 0 Å². The standard InChI is InChI=1S/C25H29N3O2/c1-3-23(28-12-11-27-25(28)16(2)29)24(30)18-9-10-21(17-7-5-4-6-8-17)22(15-18)19-13-20(26)14-19/h3-12,15-16,19-20,23-24,29-30H,1,13-14,26H2,2H3/t16-,19?,20?,23?,24?/m0/s1. The Morgan fingerprint density at radius 2 is 1.90 bits per heavy atom. The van der Waals surface area contributed by atoms with Crippen molar-refractivity contribution in [3.8, 4) is 11.1 Å². The molecule has 1 aromatic heterocycles. The van der Waals surface area contributed by atoms with Gasteiger partial charge in [0, 0.05) is 18.4 Å². The van der Waals surface area contributed by atoms with Gasteiger partial charge in [-0.3, -0.25) is 0 Å². The lowest BCUT2D eigenvalue weighted by Crippen LogP contribution is -2.35. The van der Waals surface area contributed by atoms with Crippen LogP contribution in [0, 0.1) is 0 Å². The van der Waals surface area contributed by atoms with Gasteiger partial charge in [0.15, 0.2) is 0 Å². The van der Waals surface area contributed by atoms with Crippen molar-refractivity contribution in [3.05, 3.63) is 90.5 Å². The quantitative estimate of drug-likeness (QED) is 0.515. The van der Waals surface area contributed by atoms with E-state index in [0.29, 0.717) is 11.7 Å². The number of rotatable bonds is 7. The van der Waals surface area contributed by atoms with Crippen molar-refractivity contribution in [2.75, 3.05) is 0 Å². The third-order valence-electron chi connectivity index (χ3n) is 6.07. The van der Waals surface area contributed by atoms with Crippen molar-refractivity contribution < 1.29 is 10.2 Å². The zero-order valence-electron chi connectivity index (χ0n) is 17.2. The van der Waals surface area contributed by atoms with E-state index >= 15 is 0 Å². The van der Waals surface area contributed by atoms with E-state index in [4.69, 9.17) is 5.73 Å². The van der Waals surface area contributed by atoms with Gasteiger partial charge >= 0.3 is 0 Å². The molecule has 2 aromatic carbocycles. The van der Waals surface area contributed by atoms with Crippen LogP contribution in [0.3, 0.4) is 0 Å². The number of benzene rings is 2. The van der Waals surface area contributed by atoms with Gasteiger partial charge in [-0.1, -0.05) is 54.6 Å². The van der Waals surface area contributed by atoms with Gasteiger partial charge in [0.1, 0.15) is 18.0 Å². The van der Waals surface area contributed by atoms with Gasteiger partial charge in [-0.05, 0) is 47.9 Å². The zero-order valence-corrected chi connectivity index (χ0v) is 17.2. The van der Waals surface area contributed by atoms with Crippen LogP contribution >= 0.6 is 0 Å². The van der Waals surface area contributed by atoms with Gasteiger partial charge in [0.25, 0.3) is 0 Å². The highest BCUT2D eigenvalue weighted by Crippen LogP contribution is 2.42. The van der Waals surface area contributed by atoms with Gasteiger partial charge in [0.2, 0.25) is 0 Å². The third kappa shape index (κ3) is 3.84. The average Bonchev–Trinajstić information content (AvgIpc) is 3.22. The fourth-order valence-corrected chi connectivity index (χ4v) is 4.39. The van der Waals surface area contributed by atoms with Crippen molar-refractivity contribution in [1.29, 1.82) is 0 Å². The normalized spacial score (nSPS) is 21.5. The maximum atomic E-state index is 11.2. The van der Waals surface area contributed by atoms with Crippen LogP contribution in [0.15, 0.2) is 73.6 Å². The summed E-state index contributed by atoms with van der Waals surface area (Å²) in [6.45, 7) is 5.58. The van der Waals surface area contributed by atoms with E-state index in [1.165, 1.54) is 16.7 Å². The molecule has 5 heteroatoms. The number of aliphatic hydroxyl groups is 2. The van der Waals surface area contributed by atoms with Gasteiger partial charge in [-0.2, -0.15) is 0 Å². The largest absolute Gasteiger partial charge is 0.386 e. The molecule has 3 atom stereocenters. The van der Waals surface area contributed by atoms with Crippen molar-refractivity contribution in [3.63, 3.8) is 0 Å². The number of nitrogens with two attached hydrogens (primary N) is 1. The molecule has 1 saturated carbocycles. The summed E-state index contributed by atoms with van der Waals surface area (Å²) in [6.07, 6.45) is 5.46. The summed E-state index contributed by atoms with van der Waals surface area (Å²) in [7, 11) is 0. The Hall–Kier alpha value is -2.73. The molecule has 1 fully saturated rings. The minimum absolute atomic E-state index is 0.243. The van der Waals surface area contributed by atoms with E-state index in [1.807, 2.05) is 24.3 Å². The Bertz CT molecular complexity index is 1010. The zero-order chi connectivity index (χ0) is 21.3. The molecule has 0 amide bonds. The molecule has 1 aliphatic rings. The van der Waals surface area contributed by atoms with E-state index in [2.05, 4.69) is 35.8 Å². The van der Waals surface area contributed by atoms with Gasteiger partial charge in [-0.25, -0.2) is 4.98 Å². The SMILES string of the molecule is C=CC(C(O)c1ccc(-c2ccccc2)c(C2CC(N)C2)c1)n1ccnc1[C@H](C)O. The third-order valence-corrected chi connectivity index (χ3v) is 6.07. The predicted molar refractivity (Wildman–Crippen MR) is 119 cm³/mol. The first kappa shape index (κ1) is 20.5. The molecule has 1 heterocycles. The lowest BCUT2D eigenvalue weighted by molar-refractivity contribution is 0.123. The van der Waals surface area contributed by atoms with Crippen LogP contribution in [0.2, 0.25) is 0 Å².